The largest absolute Gasteiger partial charge is 0.477 e. The summed E-state index contributed by atoms with van der Waals surface area (Å²) in [6.07, 6.45) is 2.89. The van der Waals surface area contributed by atoms with Gasteiger partial charge in [-0.25, -0.2) is 14.8 Å². The highest BCUT2D eigenvalue weighted by Crippen LogP contribution is 2.31. The number of piperazine rings is 1. The third-order valence-corrected chi connectivity index (χ3v) is 7.53. The molecule has 10 nitrogen and oxygen atoms in total. The number of pyridine rings is 2. The van der Waals surface area contributed by atoms with Gasteiger partial charge in [-0.2, -0.15) is 0 Å². The van der Waals surface area contributed by atoms with E-state index in [4.69, 9.17) is 14.5 Å². The van der Waals surface area contributed by atoms with Gasteiger partial charge >= 0.3 is 6.09 Å². The van der Waals surface area contributed by atoms with Gasteiger partial charge in [0.15, 0.2) is 5.69 Å². The summed E-state index contributed by atoms with van der Waals surface area (Å²) in [6.45, 7) is 8.11. The van der Waals surface area contributed by atoms with Gasteiger partial charge < -0.3 is 29.9 Å². The van der Waals surface area contributed by atoms with E-state index in [1.165, 1.54) is 0 Å². The minimum Gasteiger partial charge on any atom is -0.477 e. The zero-order valence-electron chi connectivity index (χ0n) is 23.7. The van der Waals surface area contributed by atoms with Crippen molar-refractivity contribution >= 4 is 17.7 Å². The van der Waals surface area contributed by atoms with Crippen LogP contribution in [-0.2, 0) is 11.3 Å². The Morgan fingerprint density at radius 3 is 2.73 bits per heavy atom. The normalized spacial score (nSPS) is 18.7. The fraction of sp³-hybridized carbons (Fsp3) is 0.419. The van der Waals surface area contributed by atoms with Crippen molar-refractivity contribution in [1.29, 1.82) is 0 Å². The average Bonchev–Trinajstić information content (AvgIpc) is 3.49. The first-order valence-corrected chi connectivity index (χ1v) is 14.4. The smallest absolute Gasteiger partial charge is 0.410 e. The maximum atomic E-state index is 13.8. The summed E-state index contributed by atoms with van der Waals surface area (Å²) in [5, 5.41) is 6.60. The summed E-state index contributed by atoms with van der Waals surface area (Å²) in [5.41, 5.74) is 3.45. The third kappa shape index (κ3) is 6.77. The topological polar surface area (TPSA) is 109 Å². The molecule has 3 aromatic rings. The van der Waals surface area contributed by atoms with Crippen molar-refractivity contribution in [2.75, 3.05) is 44.2 Å². The molecule has 2 amide bonds. The monoisotopic (exact) mass is 558 g/mol. The number of hydrogen-bond acceptors (Lipinski definition) is 8. The molecule has 2 aliphatic heterocycles. The third-order valence-electron chi connectivity index (χ3n) is 7.53. The number of aromatic nitrogens is 2. The summed E-state index contributed by atoms with van der Waals surface area (Å²) in [7, 11) is 0. The zero-order valence-corrected chi connectivity index (χ0v) is 23.7. The van der Waals surface area contributed by atoms with Gasteiger partial charge in [0.05, 0.1) is 23.6 Å². The Kier molecular flexibility index (Phi) is 9.30. The second kappa shape index (κ2) is 13.5. The number of amides is 2. The number of rotatable bonds is 9. The molecule has 10 heteroatoms. The predicted molar refractivity (Wildman–Crippen MR) is 157 cm³/mol. The molecule has 0 unspecified atom stereocenters. The van der Waals surface area contributed by atoms with Crippen molar-refractivity contribution in [3.8, 4) is 17.1 Å². The second-order valence-electron chi connectivity index (χ2n) is 10.3. The number of anilines is 1. The van der Waals surface area contributed by atoms with E-state index >= 15 is 0 Å². The fourth-order valence-corrected chi connectivity index (χ4v) is 5.39. The Balaban J connectivity index is 1.34. The van der Waals surface area contributed by atoms with Crippen LogP contribution in [0.2, 0.25) is 0 Å². The van der Waals surface area contributed by atoms with E-state index < -0.39 is 0 Å². The molecule has 2 fully saturated rings. The molecular weight excluding hydrogens is 520 g/mol. The SMILES string of the molecule is CCOc1ncccc1-c1ccc(N2CCNC[C@H]2CC)c(C(=O)N[C@@H]2CCN(C(=O)OCc3ccccc3)C2)n1. The molecule has 2 aliphatic rings. The van der Waals surface area contributed by atoms with Crippen LogP contribution >= 0.6 is 0 Å². The van der Waals surface area contributed by atoms with E-state index in [2.05, 4.69) is 27.4 Å². The highest BCUT2D eigenvalue weighted by Gasteiger charge is 2.31. The highest BCUT2D eigenvalue weighted by atomic mass is 16.6. The van der Waals surface area contributed by atoms with Crippen LogP contribution in [0.4, 0.5) is 10.5 Å². The lowest BCUT2D eigenvalue weighted by Gasteiger charge is -2.38. The minimum absolute atomic E-state index is 0.201. The summed E-state index contributed by atoms with van der Waals surface area (Å²) in [4.78, 5) is 39.7. The number of benzene rings is 1. The molecule has 4 heterocycles. The molecular formula is C31H38N6O4. The Morgan fingerprint density at radius 1 is 1.07 bits per heavy atom. The van der Waals surface area contributed by atoms with Crippen LogP contribution in [0.3, 0.4) is 0 Å². The van der Waals surface area contributed by atoms with Crippen molar-refractivity contribution in [2.45, 2.75) is 45.4 Å². The molecule has 41 heavy (non-hydrogen) atoms. The first kappa shape index (κ1) is 28.4. The van der Waals surface area contributed by atoms with Gasteiger partial charge in [0.2, 0.25) is 5.88 Å². The summed E-state index contributed by atoms with van der Waals surface area (Å²) < 4.78 is 11.2. The van der Waals surface area contributed by atoms with Gasteiger partial charge in [-0.3, -0.25) is 4.79 Å². The van der Waals surface area contributed by atoms with Gasteiger partial charge in [0, 0.05) is 51.0 Å². The first-order valence-electron chi connectivity index (χ1n) is 14.4. The van der Waals surface area contributed by atoms with Gasteiger partial charge in [-0.05, 0) is 49.6 Å². The summed E-state index contributed by atoms with van der Waals surface area (Å²) >= 11 is 0. The number of likely N-dealkylation sites (tertiary alicyclic amines) is 1. The van der Waals surface area contributed by atoms with E-state index in [1.54, 1.807) is 11.1 Å². The molecule has 0 aliphatic carbocycles. The van der Waals surface area contributed by atoms with Crippen molar-refractivity contribution in [2.24, 2.45) is 0 Å². The number of carbonyl (C=O) groups excluding carboxylic acids is 2. The lowest BCUT2D eigenvalue weighted by Crippen LogP contribution is -2.52. The predicted octanol–water partition coefficient (Wildman–Crippen LogP) is 3.87. The van der Waals surface area contributed by atoms with Crippen LogP contribution < -0.4 is 20.3 Å². The Bertz CT molecular complexity index is 1340. The lowest BCUT2D eigenvalue weighted by atomic mass is 10.1. The van der Waals surface area contributed by atoms with E-state index in [0.717, 1.165) is 42.9 Å². The molecule has 1 aromatic carbocycles. The molecule has 2 atom stereocenters. The molecule has 0 radical (unpaired) electrons. The molecule has 216 valence electrons. The van der Waals surface area contributed by atoms with E-state index in [9.17, 15) is 9.59 Å². The molecule has 5 rings (SSSR count). The molecule has 2 N–H and O–H groups in total. The Labute approximate surface area is 241 Å². The molecule has 0 spiro atoms. The average molecular weight is 559 g/mol. The van der Waals surface area contributed by atoms with E-state index in [0.29, 0.717) is 43.4 Å². The van der Waals surface area contributed by atoms with Crippen molar-refractivity contribution in [3.63, 3.8) is 0 Å². The van der Waals surface area contributed by atoms with E-state index in [-0.39, 0.29) is 30.7 Å². The maximum absolute atomic E-state index is 13.8. The number of ether oxygens (including phenoxy) is 2. The Morgan fingerprint density at radius 2 is 1.93 bits per heavy atom. The second-order valence-corrected chi connectivity index (χ2v) is 10.3. The fourth-order valence-electron chi connectivity index (χ4n) is 5.39. The highest BCUT2D eigenvalue weighted by molar-refractivity contribution is 5.99. The van der Waals surface area contributed by atoms with Crippen LogP contribution in [0.1, 0.15) is 42.7 Å². The van der Waals surface area contributed by atoms with Gasteiger partial charge in [0.25, 0.3) is 5.91 Å². The number of hydrogen-bond donors (Lipinski definition) is 2. The quantitative estimate of drug-likeness (QED) is 0.408. The van der Waals surface area contributed by atoms with Crippen LogP contribution in [0.25, 0.3) is 11.3 Å². The summed E-state index contributed by atoms with van der Waals surface area (Å²) in [5.74, 6) is 0.220. The van der Waals surface area contributed by atoms with Gasteiger partial charge in [-0.15, -0.1) is 0 Å². The summed E-state index contributed by atoms with van der Waals surface area (Å²) in [6, 6.07) is 17.3. The minimum atomic E-state index is -0.377. The lowest BCUT2D eigenvalue weighted by molar-refractivity contribution is 0.0918. The maximum Gasteiger partial charge on any atom is 0.410 e. The van der Waals surface area contributed by atoms with Gasteiger partial charge in [-0.1, -0.05) is 37.3 Å². The van der Waals surface area contributed by atoms with Crippen LogP contribution in [-0.4, -0.2) is 78.3 Å². The van der Waals surface area contributed by atoms with Crippen molar-refractivity contribution in [1.82, 2.24) is 25.5 Å². The molecule has 2 saturated heterocycles. The van der Waals surface area contributed by atoms with E-state index in [1.807, 2.05) is 61.5 Å². The molecule has 0 saturated carbocycles. The van der Waals surface area contributed by atoms with Gasteiger partial charge in [0.1, 0.15) is 6.61 Å². The number of nitrogens with one attached hydrogen (secondary N) is 2. The van der Waals surface area contributed by atoms with Crippen molar-refractivity contribution in [3.05, 3.63) is 72.1 Å². The number of carbonyl (C=O) groups is 2. The zero-order chi connectivity index (χ0) is 28.6. The molecule has 0 bridgehead atoms. The van der Waals surface area contributed by atoms with Crippen LogP contribution in [0.5, 0.6) is 5.88 Å². The van der Waals surface area contributed by atoms with Crippen molar-refractivity contribution < 1.29 is 19.1 Å². The Hall–Kier alpha value is -4.18. The first-order chi connectivity index (χ1) is 20.1. The number of nitrogens with zero attached hydrogens (tertiary/aromatic N) is 4. The molecule has 2 aromatic heterocycles. The van der Waals surface area contributed by atoms with Crippen LogP contribution in [0.15, 0.2) is 60.8 Å². The standard InChI is InChI=1S/C31H38N6O4/c1-3-24-19-32-16-18-37(24)27-13-12-26(25-11-8-15-33-30(25)40-4-2)35-28(27)29(38)34-23-14-17-36(20-23)31(39)41-21-22-9-6-5-7-10-22/h5-13,15,23-24,32H,3-4,14,16-21H2,1-2H3,(H,34,38)/t23-,24-/m1/s1. The van der Waals surface area contributed by atoms with Crippen LogP contribution in [0, 0.1) is 0 Å².